The molecule has 1 aliphatic heterocycles. The van der Waals surface area contributed by atoms with Crippen LogP contribution in [0.3, 0.4) is 0 Å². The van der Waals surface area contributed by atoms with Gasteiger partial charge in [0.15, 0.2) is 0 Å². The minimum Gasteiger partial charge on any atom is -0.396 e. The second-order valence-electron chi connectivity index (χ2n) is 4.84. The molecule has 1 aromatic carbocycles. The summed E-state index contributed by atoms with van der Waals surface area (Å²) >= 11 is 5.73. The number of amides is 1. The molecule has 1 N–H and O–H groups in total. The predicted octanol–water partition coefficient (Wildman–Crippen LogP) is 2.09. The number of benzene rings is 1. The second-order valence-corrected chi connectivity index (χ2v) is 5.25. The Morgan fingerprint density at radius 2 is 2.30 bits per heavy atom. The number of halogens is 1. The molecule has 1 saturated heterocycles. The van der Waals surface area contributed by atoms with Crippen LogP contribution in [0.1, 0.15) is 23.2 Å². The van der Waals surface area contributed by atoms with Gasteiger partial charge in [-0.2, -0.15) is 0 Å². The second kappa shape index (κ2) is 6.19. The van der Waals surface area contributed by atoms with Crippen molar-refractivity contribution in [3.63, 3.8) is 0 Å². The Kier molecular flexibility index (Phi) is 4.57. The van der Waals surface area contributed by atoms with Crippen LogP contribution in [-0.2, 0) is 0 Å². The summed E-state index contributed by atoms with van der Waals surface area (Å²) < 4.78 is 0. The monoisotopic (exact) mass is 298 g/mol. The van der Waals surface area contributed by atoms with Gasteiger partial charge in [-0.25, -0.2) is 0 Å². The Morgan fingerprint density at radius 1 is 1.55 bits per heavy atom. The van der Waals surface area contributed by atoms with Crippen molar-refractivity contribution in [3.05, 3.63) is 38.9 Å². The van der Waals surface area contributed by atoms with Gasteiger partial charge in [0.25, 0.3) is 11.6 Å². The molecule has 1 amide bonds. The lowest BCUT2D eigenvalue weighted by molar-refractivity contribution is -0.384. The Morgan fingerprint density at radius 3 is 2.95 bits per heavy atom. The lowest BCUT2D eigenvalue weighted by Crippen LogP contribution is -2.28. The third kappa shape index (κ3) is 3.08. The first-order valence-corrected chi connectivity index (χ1v) is 6.74. The predicted molar refractivity (Wildman–Crippen MR) is 73.8 cm³/mol. The largest absolute Gasteiger partial charge is 0.396 e. The van der Waals surface area contributed by atoms with Gasteiger partial charge in [0.05, 0.1) is 4.92 Å². The number of likely N-dealkylation sites (tertiary alicyclic amines) is 1. The number of nitro groups is 1. The van der Waals surface area contributed by atoms with Crippen molar-refractivity contribution in [2.75, 3.05) is 19.7 Å². The highest BCUT2D eigenvalue weighted by molar-refractivity contribution is 6.32. The van der Waals surface area contributed by atoms with Crippen LogP contribution in [0, 0.1) is 16.0 Å². The number of aliphatic hydroxyl groups excluding tert-OH is 1. The highest BCUT2D eigenvalue weighted by atomic mass is 35.5. The molecule has 0 radical (unpaired) electrons. The molecule has 1 heterocycles. The highest BCUT2D eigenvalue weighted by Gasteiger charge is 2.27. The number of carbonyl (C=O) groups excluding carboxylic acids is 1. The van der Waals surface area contributed by atoms with Crippen LogP contribution in [0.5, 0.6) is 0 Å². The van der Waals surface area contributed by atoms with E-state index in [0.717, 1.165) is 6.42 Å². The Balaban J connectivity index is 2.14. The van der Waals surface area contributed by atoms with Crippen molar-refractivity contribution in [2.24, 2.45) is 5.92 Å². The fourth-order valence-corrected chi connectivity index (χ4v) is 2.59. The Hall–Kier alpha value is -1.66. The van der Waals surface area contributed by atoms with Gasteiger partial charge in [0.1, 0.15) is 5.02 Å². The maximum absolute atomic E-state index is 12.3. The van der Waals surface area contributed by atoms with Gasteiger partial charge in [0, 0.05) is 31.3 Å². The van der Waals surface area contributed by atoms with Crippen molar-refractivity contribution in [1.82, 2.24) is 4.90 Å². The fourth-order valence-electron chi connectivity index (χ4n) is 2.40. The smallest absolute Gasteiger partial charge is 0.288 e. The molecule has 0 saturated carbocycles. The average molecular weight is 299 g/mol. The molecule has 1 fully saturated rings. The zero-order chi connectivity index (χ0) is 14.7. The van der Waals surface area contributed by atoms with E-state index in [2.05, 4.69) is 0 Å². The van der Waals surface area contributed by atoms with Gasteiger partial charge in [-0.1, -0.05) is 11.6 Å². The summed E-state index contributed by atoms with van der Waals surface area (Å²) in [5.74, 6) is 0.0662. The number of rotatable bonds is 4. The lowest BCUT2D eigenvalue weighted by atomic mass is 10.1. The summed E-state index contributed by atoms with van der Waals surface area (Å²) in [5, 5.41) is 19.7. The molecule has 0 bridgehead atoms. The normalized spacial score (nSPS) is 18.3. The van der Waals surface area contributed by atoms with Crippen LogP contribution in [-0.4, -0.2) is 40.5 Å². The first-order chi connectivity index (χ1) is 9.52. The van der Waals surface area contributed by atoms with E-state index in [-0.39, 0.29) is 28.8 Å². The third-order valence-corrected chi connectivity index (χ3v) is 3.82. The number of hydrogen-bond acceptors (Lipinski definition) is 4. The van der Waals surface area contributed by atoms with Crippen molar-refractivity contribution >= 4 is 23.2 Å². The van der Waals surface area contributed by atoms with Gasteiger partial charge >= 0.3 is 0 Å². The topological polar surface area (TPSA) is 83.7 Å². The number of aliphatic hydroxyl groups is 1. The molecule has 7 heteroatoms. The molecule has 0 spiro atoms. The molecule has 0 aliphatic carbocycles. The maximum Gasteiger partial charge on any atom is 0.288 e. The minimum atomic E-state index is -0.600. The maximum atomic E-state index is 12.3. The molecule has 108 valence electrons. The summed E-state index contributed by atoms with van der Waals surface area (Å²) in [6, 6.07) is 4.08. The molecule has 0 aromatic heterocycles. The van der Waals surface area contributed by atoms with E-state index in [0.29, 0.717) is 25.4 Å². The van der Waals surface area contributed by atoms with Crippen LogP contribution >= 0.6 is 11.6 Å². The van der Waals surface area contributed by atoms with Gasteiger partial charge in [-0.15, -0.1) is 0 Å². The van der Waals surface area contributed by atoms with Crippen molar-refractivity contribution in [3.8, 4) is 0 Å². The summed E-state index contributed by atoms with van der Waals surface area (Å²) in [7, 11) is 0. The molecule has 1 aliphatic rings. The van der Waals surface area contributed by atoms with Crippen molar-refractivity contribution in [2.45, 2.75) is 12.8 Å². The van der Waals surface area contributed by atoms with Gasteiger partial charge in [-0.3, -0.25) is 14.9 Å². The quantitative estimate of drug-likeness (QED) is 0.681. The molecule has 1 aromatic rings. The summed E-state index contributed by atoms with van der Waals surface area (Å²) in [6.07, 6.45) is 1.52. The van der Waals surface area contributed by atoms with E-state index in [1.54, 1.807) is 4.90 Å². The van der Waals surface area contributed by atoms with Crippen molar-refractivity contribution in [1.29, 1.82) is 0 Å². The molecular formula is C13H15ClN2O4. The third-order valence-electron chi connectivity index (χ3n) is 3.50. The Labute approximate surface area is 121 Å². The van der Waals surface area contributed by atoms with Crippen molar-refractivity contribution < 1.29 is 14.8 Å². The zero-order valence-corrected chi connectivity index (χ0v) is 11.5. The number of nitro benzene ring substituents is 1. The highest BCUT2D eigenvalue weighted by Crippen LogP contribution is 2.27. The number of carbonyl (C=O) groups is 1. The van der Waals surface area contributed by atoms with Crippen LogP contribution in [0.25, 0.3) is 0 Å². The van der Waals surface area contributed by atoms with Crippen LogP contribution in [0.2, 0.25) is 5.02 Å². The lowest BCUT2D eigenvalue weighted by Gasteiger charge is -2.16. The van der Waals surface area contributed by atoms with E-state index >= 15 is 0 Å². The summed E-state index contributed by atoms with van der Waals surface area (Å²) in [4.78, 5) is 24.2. The van der Waals surface area contributed by atoms with E-state index in [4.69, 9.17) is 16.7 Å². The van der Waals surface area contributed by atoms with E-state index in [9.17, 15) is 14.9 Å². The number of hydrogen-bond donors (Lipinski definition) is 1. The minimum absolute atomic E-state index is 0.0196. The molecule has 2 rings (SSSR count). The van der Waals surface area contributed by atoms with Gasteiger partial charge in [-0.05, 0) is 30.9 Å². The summed E-state index contributed by atoms with van der Waals surface area (Å²) in [6.45, 7) is 1.30. The molecule has 20 heavy (non-hydrogen) atoms. The summed E-state index contributed by atoms with van der Waals surface area (Å²) in [5.41, 5.74) is 0.00868. The molecule has 1 atom stereocenters. The number of nitrogens with zero attached hydrogens (tertiary/aromatic N) is 2. The molecule has 6 nitrogen and oxygen atoms in total. The van der Waals surface area contributed by atoms with Crippen LogP contribution in [0.4, 0.5) is 5.69 Å². The zero-order valence-electron chi connectivity index (χ0n) is 10.8. The SMILES string of the molecule is O=C(c1ccc(Cl)c([N+](=O)[O-])c1)N1CCC(CCO)C1. The molecule has 1 unspecified atom stereocenters. The first kappa shape index (κ1) is 14.7. The first-order valence-electron chi connectivity index (χ1n) is 6.37. The van der Waals surface area contributed by atoms with Gasteiger partial charge < -0.3 is 10.0 Å². The van der Waals surface area contributed by atoms with E-state index in [1.807, 2.05) is 0 Å². The fraction of sp³-hybridized carbons (Fsp3) is 0.462. The van der Waals surface area contributed by atoms with Crippen LogP contribution in [0.15, 0.2) is 18.2 Å². The van der Waals surface area contributed by atoms with Crippen LogP contribution < -0.4 is 0 Å². The van der Waals surface area contributed by atoms with Gasteiger partial charge in [0.2, 0.25) is 0 Å². The van der Waals surface area contributed by atoms with E-state index in [1.165, 1.54) is 18.2 Å². The standard InChI is InChI=1S/C13H15ClN2O4/c14-11-2-1-10(7-12(11)16(19)20)13(18)15-5-3-9(8-15)4-6-17/h1-2,7,9,17H,3-6,8H2. The van der Waals surface area contributed by atoms with E-state index < -0.39 is 4.92 Å². The molecular weight excluding hydrogens is 284 g/mol. The average Bonchev–Trinajstić information content (AvgIpc) is 2.87. The Bertz CT molecular complexity index is 535.